The number of esters is 1. The van der Waals surface area contributed by atoms with Gasteiger partial charge in [-0.2, -0.15) is 0 Å². The van der Waals surface area contributed by atoms with Crippen molar-refractivity contribution in [2.45, 2.75) is 46.5 Å². The third kappa shape index (κ3) is 5.20. The number of hydrogen-bond acceptors (Lipinski definition) is 2. The van der Waals surface area contributed by atoms with Crippen LogP contribution in [0.25, 0.3) is 0 Å². The molecule has 110 valence electrons. The Hall–Kier alpha value is -1.57. The van der Waals surface area contributed by atoms with Gasteiger partial charge in [-0.1, -0.05) is 62.2 Å². The lowest BCUT2D eigenvalue weighted by Crippen LogP contribution is -2.16. The summed E-state index contributed by atoms with van der Waals surface area (Å²) in [5.41, 5.74) is 2.33. The lowest BCUT2D eigenvalue weighted by molar-refractivity contribution is -0.146. The van der Waals surface area contributed by atoms with Gasteiger partial charge in [-0.25, -0.2) is 0 Å². The van der Waals surface area contributed by atoms with Crippen LogP contribution in [0.5, 0.6) is 0 Å². The predicted molar refractivity (Wildman–Crippen MR) is 83.6 cm³/mol. The summed E-state index contributed by atoms with van der Waals surface area (Å²) in [6.07, 6.45) is 4.13. The molecule has 0 heterocycles. The summed E-state index contributed by atoms with van der Waals surface area (Å²) in [5, 5.41) is 0. The summed E-state index contributed by atoms with van der Waals surface area (Å²) in [6, 6.07) is 10.3. The van der Waals surface area contributed by atoms with E-state index in [0.29, 0.717) is 12.5 Å². The molecule has 1 rings (SSSR count). The van der Waals surface area contributed by atoms with E-state index in [4.69, 9.17) is 4.74 Å². The fraction of sp³-hybridized carbons (Fsp3) is 0.500. The number of rotatable bonds is 7. The van der Waals surface area contributed by atoms with Crippen LogP contribution in [0.4, 0.5) is 0 Å². The van der Waals surface area contributed by atoms with E-state index in [0.717, 1.165) is 18.4 Å². The number of carbonyl (C=O) groups is 1. The van der Waals surface area contributed by atoms with Crippen molar-refractivity contribution < 1.29 is 9.53 Å². The van der Waals surface area contributed by atoms with Gasteiger partial charge in [0.05, 0.1) is 12.5 Å². The highest BCUT2D eigenvalue weighted by Gasteiger charge is 2.16. The molecule has 0 aliphatic heterocycles. The van der Waals surface area contributed by atoms with Gasteiger partial charge in [0, 0.05) is 0 Å². The Bertz CT molecular complexity index is 434. The molecule has 0 spiro atoms. The molecule has 0 radical (unpaired) electrons. The predicted octanol–water partition coefficient (Wildman–Crippen LogP) is 4.72. The molecule has 0 amide bonds. The number of hydrogen-bond donors (Lipinski definition) is 0. The molecule has 0 bridgehead atoms. The first-order valence-electron chi connectivity index (χ1n) is 7.46. The Morgan fingerprint density at radius 1 is 1.25 bits per heavy atom. The van der Waals surface area contributed by atoms with Gasteiger partial charge in [0.1, 0.15) is 0 Å². The maximum Gasteiger partial charge on any atom is 0.312 e. The summed E-state index contributed by atoms with van der Waals surface area (Å²) in [6.45, 7) is 8.68. The fourth-order valence-corrected chi connectivity index (χ4v) is 2.02. The maximum absolute atomic E-state index is 11.9. The first-order valence-corrected chi connectivity index (χ1v) is 7.46. The smallest absolute Gasteiger partial charge is 0.312 e. The number of unbranched alkanes of at least 4 members (excludes halogenated alkanes) is 1. The van der Waals surface area contributed by atoms with E-state index in [-0.39, 0.29) is 11.9 Å². The molecule has 1 aromatic rings. The van der Waals surface area contributed by atoms with E-state index in [1.165, 1.54) is 5.56 Å². The van der Waals surface area contributed by atoms with E-state index >= 15 is 0 Å². The standard InChI is InChI=1S/C18H26O2/c1-5-6-12-20-18(19)16(4)14(2)13-15(3)17-10-8-7-9-11-17/h7-11,13,15-16H,5-6,12H2,1-4H3. The molecule has 0 N–H and O–H groups in total. The molecule has 0 fully saturated rings. The van der Waals surface area contributed by atoms with Crippen molar-refractivity contribution >= 4 is 5.97 Å². The summed E-state index contributed by atoms with van der Waals surface area (Å²) in [7, 11) is 0. The summed E-state index contributed by atoms with van der Waals surface area (Å²) < 4.78 is 5.27. The van der Waals surface area contributed by atoms with E-state index < -0.39 is 0 Å². The minimum atomic E-state index is -0.169. The zero-order valence-corrected chi connectivity index (χ0v) is 13.1. The molecule has 2 nitrogen and oxygen atoms in total. The third-order valence-electron chi connectivity index (χ3n) is 3.62. The van der Waals surface area contributed by atoms with E-state index in [2.05, 4.69) is 32.1 Å². The first-order chi connectivity index (χ1) is 9.56. The topological polar surface area (TPSA) is 26.3 Å². The molecule has 20 heavy (non-hydrogen) atoms. The maximum atomic E-state index is 11.9. The molecule has 1 aromatic carbocycles. The Kier molecular flexibility index (Phi) is 7.06. The van der Waals surface area contributed by atoms with Gasteiger partial charge in [-0.15, -0.1) is 0 Å². The van der Waals surface area contributed by atoms with Gasteiger partial charge in [-0.05, 0) is 31.7 Å². The molecular formula is C18H26O2. The Balaban J connectivity index is 2.61. The number of allylic oxidation sites excluding steroid dienone is 1. The number of ether oxygens (including phenoxy) is 1. The second kappa shape index (κ2) is 8.57. The van der Waals surface area contributed by atoms with Crippen LogP contribution in [0.3, 0.4) is 0 Å². The van der Waals surface area contributed by atoms with Crippen molar-refractivity contribution in [3.05, 3.63) is 47.5 Å². The molecule has 0 saturated carbocycles. The van der Waals surface area contributed by atoms with Gasteiger partial charge >= 0.3 is 5.97 Å². The van der Waals surface area contributed by atoms with Crippen LogP contribution >= 0.6 is 0 Å². The molecule has 0 aliphatic rings. The highest BCUT2D eigenvalue weighted by molar-refractivity contribution is 5.75. The van der Waals surface area contributed by atoms with Gasteiger partial charge < -0.3 is 4.74 Å². The van der Waals surface area contributed by atoms with Crippen molar-refractivity contribution in [2.24, 2.45) is 5.92 Å². The van der Waals surface area contributed by atoms with Crippen LogP contribution in [-0.2, 0) is 9.53 Å². The van der Waals surface area contributed by atoms with Crippen LogP contribution < -0.4 is 0 Å². The Morgan fingerprint density at radius 3 is 2.50 bits per heavy atom. The molecule has 0 saturated heterocycles. The molecule has 0 aromatic heterocycles. The van der Waals surface area contributed by atoms with Crippen molar-refractivity contribution in [3.63, 3.8) is 0 Å². The van der Waals surface area contributed by atoms with Crippen molar-refractivity contribution in [2.75, 3.05) is 6.61 Å². The van der Waals surface area contributed by atoms with Crippen LogP contribution in [0.15, 0.2) is 42.0 Å². The Labute approximate surface area is 122 Å². The fourth-order valence-electron chi connectivity index (χ4n) is 2.02. The minimum absolute atomic E-state index is 0.118. The molecule has 2 heteroatoms. The van der Waals surface area contributed by atoms with Crippen LogP contribution in [0.1, 0.15) is 52.0 Å². The summed E-state index contributed by atoms with van der Waals surface area (Å²) in [4.78, 5) is 11.9. The van der Waals surface area contributed by atoms with Crippen molar-refractivity contribution in [1.29, 1.82) is 0 Å². The largest absolute Gasteiger partial charge is 0.465 e. The average Bonchev–Trinajstić information content (AvgIpc) is 2.47. The second-order valence-electron chi connectivity index (χ2n) is 5.35. The van der Waals surface area contributed by atoms with E-state index in [1.54, 1.807) is 0 Å². The monoisotopic (exact) mass is 274 g/mol. The highest BCUT2D eigenvalue weighted by Crippen LogP contribution is 2.21. The van der Waals surface area contributed by atoms with E-state index in [9.17, 15) is 4.79 Å². The summed E-state index contributed by atoms with van der Waals surface area (Å²) >= 11 is 0. The van der Waals surface area contributed by atoms with Crippen LogP contribution in [-0.4, -0.2) is 12.6 Å². The highest BCUT2D eigenvalue weighted by atomic mass is 16.5. The average molecular weight is 274 g/mol. The molecular weight excluding hydrogens is 248 g/mol. The van der Waals surface area contributed by atoms with Crippen LogP contribution in [0, 0.1) is 5.92 Å². The second-order valence-corrected chi connectivity index (χ2v) is 5.35. The lowest BCUT2D eigenvalue weighted by Gasteiger charge is -2.14. The lowest BCUT2D eigenvalue weighted by atomic mass is 9.94. The molecule has 0 aliphatic carbocycles. The SMILES string of the molecule is CCCCOC(=O)C(C)C(C)=CC(C)c1ccccc1. The number of benzene rings is 1. The minimum Gasteiger partial charge on any atom is -0.465 e. The van der Waals surface area contributed by atoms with Gasteiger partial charge in [0.2, 0.25) is 0 Å². The van der Waals surface area contributed by atoms with Gasteiger partial charge in [0.15, 0.2) is 0 Å². The first kappa shape index (κ1) is 16.5. The molecule has 2 unspecified atom stereocenters. The van der Waals surface area contributed by atoms with Gasteiger partial charge in [-0.3, -0.25) is 4.79 Å². The van der Waals surface area contributed by atoms with Crippen molar-refractivity contribution in [3.8, 4) is 0 Å². The molecule has 2 atom stereocenters. The normalized spacial score (nSPS) is 14.7. The Morgan fingerprint density at radius 2 is 1.90 bits per heavy atom. The zero-order chi connectivity index (χ0) is 15.0. The van der Waals surface area contributed by atoms with Crippen LogP contribution in [0.2, 0.25) is 0 Å². The van der Waals surface area contributed by atoms with E-state index in [1.807, 2.05) is 32.0 Å². The third-order valence-corrected chi connectivity index (χ3v) is 3.62. The number of carbonyl (C=O) groups excluding carboxylic acids is 1. The quantitative estimate of drug-likeness (QED) is 0.408. The van der Waals surface area contributed by atoms with Crippen molar-refractivity contribution in [1.82, 2.24) is 0 Å². The summed E-state index contributed by atoms with van der Waals surface area (Å²) in [5.74, 6) is 0.0209. The van der Waals surface area contributed by atoms with Gasteiger partial charge in [0.25, 0.3) is 0 Å². The zero-order valence-electron chi connectivity index (χ0n) is 13.1.